The Kier molecular flexibility index (Phi) is 3.34. The highest BCUT2D eigenvalue weighted by molar-refractivity contribution is 5.57. The van der Waals surface area contributed by atoms with E-state index in [-0.39, 0.29) is 6.04 Å². The van der Waals surface area contributed by atoms with Crippen molar-refractivity contribution in [3.63, 3.8) is 0 Å². The summed E-state index contributed by atoms with van der Waals surface area (Å²) in [6.07, 6.45) is 8.60. The van der Waals surface area contributed by atoms with Crippen LogP contribution < -0.4 is 5.32 Å². The molecule has 6 heteroatoms. The molecule has 0 radical (unpaired) electrons. The number of hydrogen-bond donors (Lipinski definition) is 1. The lowest BCUT2D eigenvalue weighted by Gasteiger charge is -2.12. The van der Waals surface area contributed by atoms with Gasteiger partial charge in [-0.1, -0.05) is 0 Å². The summed E-state index contributed by atoms with van der Waals surface area (Å²) in [6, 6.07) is -0.224. The quantitative estimate of drug-likeness (QED) is 0.782. The van der Waals surface area contributed by atoms with Crippen molar-refractivity contribution < 1.29 is 4.79 Å². The van der Waals surface area contributed by atoms with Crippen LogP contribution in [0.5, 0.6) is 0 Å². The largest absolute Gasteiger partial charge is 0.350 e. The van der Waals surface area contributed by atoms with E-state index in [9.17, 15) is 4.79 Å². The molecule has 2 aromatic heterocycles. The topological polar surface area (TPSA) is 80.7 Å². The standard InChI is InChI=1S/C11H11N5O/c1-8(16-7-17)10-11(15-5-4-14-10)9-6-12-2-3-13-9/h2-8H,1H3,(H,16,17). The molecule has 2 rings (SSSR count). The Labute approximate surface area is 98.2 Å². The molecule has 0 spiro atoms. The zero-order chi connectivity index (χ0) is 12.1. The lowest BCUT2D eigenvalue weighted by atomic mass is 10.1. The van der Waals surface area contributed by atoms with Crippen molar-refractivity contribution in [3.05, 3.63) is 36.7 Å². The lowest BCUT2D eigenvalue weighted by molar-refractivity contribution is -0.110. The molecule has 6 nitrogen and oxygen atoms in total. The van der Waals surface area contributed by atoms with Gasteiger partial charge in [-0.3, -0.25) is 24.7 Å². The van der Waals surface area contributed by atoms with Crippen LogP contribution in [0.15, 0.2) is 31.0 Å². The fraction of sp³-hybridized carbons (Fsp3) is 0.182. The van der Waals surface area contributed by atoms with E-state index >= 15 is 0 Å². The average Bonchev–Trinajstić information content (AvgIpc) is 2.40. The minimum atomic E-state index is -0.224. The Hall–Kier alpha value is -2.37. The summed E-state index contributed by atoms with van der Waals surface area (Å²) in [7, 11) is 0. The second-order valence-electron chi connectivity index (χ2n) is 3.39. The molecule has 0 aliphatic carbocycles. The minimum absolute atomic E-state index is 0.224. The van der Waals surface area contributed by atoms with Gasteiger partial charge in [0.1, 0.15) is 11.4 Å². The predicted molar refractivity (Wildman–Crippen MR) is 60.7 cm³/mol. The van der Waals surface area contributed by atoms with E-state index in [1.54, 1.807) is 31.0 Å². The SMILES string of the molecule is CC(NC=O)c1nccnc1-c1cnccn1. The highest BCUT2D eigenvalue weighted by Gasteiger charge is 2.14. The van der Waals surface area contributed by atoms with Gasteiger partial charge in [0.25, 0.3) is 0 Å². The molecule has 17 heavy (non-hydrogen) atoms. The molecule has 0 bridgehead atoms. The Morgan fingerprint density at radius 1 is 1.18 bits per heavy atom. The lowest BCUT2D eigenvalue weighted by Crippen LogP contribution is -2.18. The number of rotatable bonds is 4. The van der Waals surface area contributed by atoms with Crippen LogP contribution in [0, 0.1) is 0 Å². The maximum atomic E-state index is 10.4. The van der Waals surface area contributed by atoms with Crippen LogP contribution in [-0.2, 0) is 4.79 Å². The number of carbonyl (C=O) groups is 1. The van der Waals surface area contributed by atoms with Gasteiger partial charge < -0.3 is 5.32 Å². The Morgan fingerprint density at radius 3 is 2.65 bits per heavy atom. The molecule has 2 heterocycles. The molecule has 1 amide bonds. The minimum Gasteiger partial charge on any atom is -0.350 e. The van der Waals surface area contributed by atoms with Gasteiger partial charge in [-0.15, -0.1) is 0 Å². The van der Waals surface area contributed by atoms with Gasteiger partial charge in [0, 0.05) is 24.8 Å². The van der Waals surface area contributed by atoms with E-state index in [2.05, 4.69) is 25.3 Å². The molecule has 0 saturated carbocycles. The van der Waals surface area contributed by atoms with Crippen LogP contribution in [0.4, 0.5) is 0 Å². The van der Waals surface area contributed by atoms with Crippen LogP contribution in [0.2, 0.25) is 0 Å². The van der Waals surface area contributed by atoms with Crippen LogP contribution in [0.3, 0.4) is 0 Å². The molecule has 1 N–H and O–H groups in total. The van der Waals surface area contributed by atoms with Crippen molar-refractivity contribution in [3.8, 4) is 11.4 Å². The van der Waals surface area contributed by atoms with Crippen LogP contribution >= 0.6 is 0 Å². The fourth-order valence-electron chi connectivity index (χ4n) is 1.47. The van der Waals surface area contributed by atoms with E-state index in [0.717, 1.165) is 0 Å². The number of nitrogens with one attached hydrogen (secondary N) is 1. The highest BCUT2D eigenvalue weighted by atomic mass is 16.1. The molecule has 86 valence electrons. The molecule has 0 aromatic carbocycles. The van der Waals surface area contributed by atoms with Gasteiger partial charge in [0.2, 0.25) is 6.41 Å². The van der Waals surface area contributed by atoms with E-state index in [1.807, 2.05) is 6.92 Å². The van der Waals surface area contributed by atoms with Gasteiger partial charge in [-0.25, -0.2) is 0 Å². The van der Waals surface area contributed by atoms with Gasteiger partial charge >= 0.3 is 0 Å². The summed E-state index contributed by atoms with van der Waals surface area (Å²) >= 11 is 0. The molecule has 0 saturated heterocycles. The molecular weight excluding hydrogens is 218 g/mol. The maximum absolute atomic E-state index is 10.4. The first-order chi connectivity index (χ1) is 8.33. The van der Waals surface area contributed by atoms with Crippen LogP contribution in [0.1, 0.15) is 18.7 Å². The normalized spacial score (nSPS) is 11.8. The summed E-state index contributed by atoms with van der Waals surface area (Å²) in [5, 5.41) is 2.64. The molecule has 1 unspecified atom stereocenters. The number of nitrogens with zero attached hydrogens (tertiary/aromatic N) is 4. The van der Waals surface area contributed by atoms with Crippen molar-refractivity contribution in [2.75, 3.05) is 0 Å². The first kappa shape index (κ1) is 11.1. The fourth-order valence-corrected chi connectivity index (χ4v) is 1.47. The van der Waals surface area contributed by atoms with E-state index < -0.39 is 0 Å². The second-order valence-corrected chi connectivity index (χ2v) is 3.39. The van der Waals surface area contributed by atoms with Gasteiger partial charge in [0.05, 0.1) is 17.9 Å². The molecular formula is C11H11N5O. The van der Waals surface area contributed by atoms with Crippen LogP contribution in [-0.4, -0.2) is 26.3 Å². The second kappa shape index (κ2) is 5.11. The molecule has 0 aliphatic heterocycles. The maximum Gasteiger partial charge on any atom is 0.207 e. The Balaban J connectivity index is 2.44. The summed E-state index contributed by atoms with van der Waals surface area (Å²) < 4.78 is 0. The van der Waals surface area contributed by atoms with Gasteiger partial charge in [-0.2, -0.15) is 0 Å². The average molecular weight is 229 g/mol. The number of carbonyl (C=O) groups excluding carboxylic acids is 1. The third-order valence-corrected chi connectivity index (χ3v) is 2.26. The molecule has 2 aromatic rings. The summed E-state index contributed by atoms with van der Waals surface area (Å²) in [5.74, 6) is 0. The van der Waals surface area contributed by atoms with Gasteiger partial charge in [-0.05, 0) is 6.92 Å². The van der Waals surface area contributed by atoms with E-state index in [1.165, 1.54) is 0 Å². The predicted octanol–water partition coefficient (Wildman–Crippen LogP) is 0.741. The summed E-state index contributed by atoms with van der Waals surface area (Å²) in [4.78, 5) is 27.1. The summed E-state index contributed by atoms with van der Waals surface area (Å²) in [6.45, 7) is 1.83. The smallest absolute Gasteiger partial charge is 0.207 e. The first-order valence-corrected chi connectivity index (χ1v) is 5.10. The third kappa shape index (κ3) is 2.41. The van der Waals surface area contributed by atoms with Crippen molar-refractivity contribution >= 4 is 6.41 Å². The molecule has 0 aliphatic rings. The van der Waals surface area contributed by atoms with Crippen molar-refractivity contribution in [1.82, 2.24) is 25.3 Å². The van der Waals surface area contributed by atoms with Crippen LogP contribution in [0.25, 0.3) is 11.4 Å². The number of aromatic nitrogens is 4. The Bertz CT molecular complexity index is 502. The first-order valence-electron chi connectivity index (χ1n) is 5.10. The van der Waals surface area contributed by atoms with Crippen molar-refractivity contribution in [1.29, 1.82) is 0 Å². The zero-order valence-corrected chi connectivity index (χ0v) is 9.24. The zero-order valence-electron chi connectivity index (χ0n) is 9.24. The highest BCUT2D eigenvalue weighted by Crippen LogP contribution is 2.21. The summed E-state index contributed by atoms with van der Waals surface area (Å²) in [5.41, 5.74) is 1.93. The number of hydrogen-bond acceptors (Lipinski definition) is 5. The van der Waals surface area contributed by atoms with E-state index in [0.29, 0.717) is 23.5 Å². The molecule has 1 atom stereocenters. The Morgan fingerprint density at radius 2 is 1.94 bits per heavy atom. The van der Waals surface area contributed by atoms with E-state index in [4.69, 9.17) is 0 Å². The number of amides is 1. The third-order valence-electron chi connectivity index (χ3n) is 2.26. The molecule has 0 fully saturated rings. The van der Waals surface area contributed by atoms with Gasteiger partial charge in [0.15, 0.2) is 0 Å². The van der Waals surface area contributed by atoms with Crippen molar-refractivity contribution in [2.45, 2.75) is 13.0 Å². The van der Waals surface area contributed by atoms with Crippen molar-refractivity contribution in [2.24, 2.45) is 0 Å². The monoisotopic (exact) mass is 229 g/mol.